The highest BCUT2D eigenvalue weighted by molar-refractivity contribution is 5.83. The lowest BCUT2D eigenvalue weighted by molar-refractivity contribution is 0.374. The maximum Gasteiger partial charge on any atom is 0.191 e. The third kappa shape index (κ3) is 3.01. The molecule has 0 bridgehead atoms. The number of nitrogens with zero attached hydrogens (tertiary/aromatic N) is 2. The van der Waals surface area contributed by atoms with Crippen LogP contribution in [0.5, 0.6) is 0 Å². The van der Waals surface area contributed by atoms with Gasteiger partial charge in [-0.2, -0.15) is 0 Å². The van der Waals surface area contributed by atoms with Crippen LogP contribution < -0.4 is 21.3 Å². The van der Waals surface area contributed by atoms with Crippen LogP contribution in [0.15, 0.2) is 9.98 Å². The molecule has 2 saturated carbocycles. The Morgan fingerprint density at radius 3 is 2.32 bits per heavy atom. The number of rotatable bonds is 3. The summed E-state index contributed by atoms with van der Waals surface area (Å²) in [6.07, 6.45) is 10.4. The zero-order valence-electron chi connectivity index (χ0n) is 13.3. The SMILES string of the molecule is C1CC[C@H]2NC(NCCN=C3N[C@@H]4CCCC[C@H]4N3)=N[C@@H]2C1. The van der Waals surface area contributed by atoms with Crippen molar-refractivity contribution in [3.05, 3.63) is 0 Å². The number of guanidine groups is 2. The van der Waals surface area contributed by atoms with Crippen molar-refractivity contribution in [1.82, 2.24) is 21.3 Å². The van der Waals surface area contributed by atoms with Gasteiger partial charge in [-0.1, -0.05) is 25.7 Å². The minimum Gasteiger partial charge on any atom is -0.355 e. The van der Waals surface area contributed by atoms with Crippen molar-refractivity contribution in [2.24, 2.45) is 9.98 Å². The highest BCUT2D eigenvalue weighted by atomic mass is 15.3. The zero-order valence-corrected chi connectivity index (χ0v) is 13.3. The maximum absolute atomic E-state index is 4.75. The van der Waals surface area contributed by atoms with E-state index in [0.29, 0.717) is 24.2 Å². The Balaban J connectivity index is 1.20. The van der Waals surface area contributed by atoms with Gasteiger partial charge in [-0.15, -0.1) is 0 Å². The van der Waals surface area contributed by atoms with E-state index < -0.39 is 0 Å². The third-order valence-corrected chi connectivity index (χ3v) is 5.43. The molecule has 0 aromatic rings. The molecule has 22 heavy (non-hydrogen) atoms. The van der Waals surface area contributed by atoms with Gasteiger partial charge in [0.25, 0.3) is 0 Å². The summed E-state index contributed by atoms with van der Waals surface area (Å²) in [6, 6.07) is 2.28. The molecule has 4 rings (SSSR count). The molecule has 4 atom stereocenters. The number of fused-ring (bicyclic) bond motifs is 2. The van der Waals surface area contributed by atoms with E-state index in [-0.39, 0.29) is 0 Å². The lowest BCUT2D eigenvalue weighted by atomic mass is 9.92. The maximum atomic E-state index is 4.75. The van der Waals surface area contributed by atoms with E-state index in [0.717, 1.165) is 25.0 Å². The van der Waals surface area contributed by atoms with Crippen LogP contribution in [0.25, 0.3) is 0 Å². The summed E-state index contributed by atoms with van der Waals surface area (Å²) >= 11 is 0. The van der Waals surface area contributed by atoms with Crippen LogP contribution in [-0.2, 0) is 0 Å². The van der Waals surface area contributed by atoms with Crippen molar-refractivity contribution in [2.75, 3.05) is 13.1 Å². The largest absolute Gasteiger partial charge is 0.355 e. The summed E-state index contributed by atoms with van der Waals surface area (Å²) < 4.78 is 0. The van der Waals surface area contributed by atoms with Crippen LogP contribution in [0.1, 0.15) is 51.4 Å². The van der Waals surface area contributed by atoms with Gasteiger partial charge in [-0.3, -0.25) is 4.99 Å². The lowest BCUT2D eigenvalue weighted by Crippen LogP contribution is -2.42. The molecule has 3 fully saturated rings. The van der Waals surface area contributed by atoms with Gasteiger partial charge in [-0.25, -0.2) is 4.99 Å². The molecule has 2 aliphatic heterocycles. The monoisotopic (exact) mass is 304 g/mol. The number of nitrogens with one attached hydrogen (secondary N) is 4. The molecule has 1 saturated heterocycles. The van der Waals surface area contributed by atoms with Gasteiger partial charge in [0.2, 0.25) is 0 Å². The molecule has 122 valence electrons. The van der Waals surface area contributed by atoms with E-state index in [1.165, 1.54) is 51.4 Å². The second kappa shape index (κ2) is 6.34. The Kier molecular flexibility index (Phi) is 4.08. The van der Waals surface area contributed by atoms with Crippen molar-refractivity contribution < 1.29 is 0 Å². The summed E-state index contributed by atoms with van der Waals surface area (Å²) in [6.45, 7) is 1.62. The zero-order chi connectivity index (χ0) is 14.8. The van der Waals surface area contributed by atoms with Gasteiger partial charge in [-0.05, 0) is 25.7 Å². The summed E-state index contributed by atoms with van der Waals surface area (Å²) in [4.78, 5) is 9.40. The van der Waals surface area contributed by atoms with Crippen molar-refractivity contribution in [3.8, 4) is 0 Å². The smallest absolute Gasteiger partial charge is 0.191 e. The Morgan fingerprint density at radius 2 is 1.59 bits per heavy atom. The minimum absolute atomic E-state index is 0.504. The fraction of sp³-hybridized carbons (Fsp3) is 0.875. The van der Waals surface area contributed by atoms with Crippen molar-refractivity contribution >= 4 is 11.9 Å². The summed E-state index contributed by atoms with van der Waals surface area (Å²) in [5, 5.41) is 14.0. The van der Waals surface area contributed by atoms with Crippen LogP contribution in [0.2, 0.25) is 0 Å². The topological polar surface area (TPSA) is 72.8 Å². The van der Waals surface area contributed by atoms with E-state index in [1.807, 2.05) is 0 Å². The highest BCUT2D eigenvalue weighted by Gasteiger charge is 2.32. The molecule has 6 nitrogen and oxygen atoms in total. The Morgan fingerprint density at radius 1 is 0.909 bits per heavy atom. The van der Waals surface area contributed by atoms with E-state index in [2.05, 4.69) is 26.3 Å². The van der Waals surface area contributed by atoms with Crippen LogP contribution in [-0.4, -0.2) is 49.2 Å². The minimum atomic E-state index is 0.504. The molecular weight excluding hydrogens is 276 g/mol. The predicted molar refractivity (Wildman–Crippen MR) is 89.2 cm³/mol. The van der Waals surface area contributed by atoms with Gasteiger partial charge < -0.3 is 21.3 Å². The molecule has 6 heteroatoms. The van der Waals surface area contributed by atoms with Gasteiger partial charge in [0.1, 0.15) is 0 Å². The van der Waals surface area contributed by atoms with E-state index in [9.17, 15) is 0 Å². The number of hydrogen-bond donors (Lipinski definition) is 4. The van der Waals surface area contributed by atoms with Gasteiger partial charge >= 0.3 is 0 Å². The lowest BCUT2D eigenvalue weighted by Gasteiger charge is -2.23. The van der Waals surface area contributed by atoms with E-state index in [1.54, 1.807) is 0 Å². The Labute approximate surface area is 132 Å². The molecule has 2 aliphatic carbocycles. The summed E-state index contributed by atoms with van der Waals surface area (Å²) in [5.41, 5.74) is 0. The quantitative estimate of drug-likeness (QED) is 0.579. The van der Waals surface area contributed by atoms with E-state index in [4.69, 9.17) is 4.99 Å². The second-order valence-corrected chi connectivity index (χ2v) is 7.02. The fourth-order valence-corrected chi connectivity index (χ4v) is 4.21. The third-order valence-electron chi connectivity index (χ3n) is 5.43. The molecule has 0 unspecified atom stereocenters. The van der Waals surface area contributed by atoms with Crippen LogP contribution in [0, 0.1) is 0 Å². The molecule has 0 spiro atoms. The standard InChI is InChI=1S/C16H28N6/c1-2-6-12-11(5-1)19-15(20-12)17-9-10-18-16-21-13-7-3-4-8-14(13)22-16/h11-14H,1-10H2,(H2,17,19,20)(H2,18,21,22)/t11-,12-,13-,14-/m1/s1. The predicted octanol–water partition coefficient (Wildman–Crippen LogP) is 0.706. The summed E-state index contributed by atoms with van der Waals surface area (Å²) in [7, 11) is 0. The molecule has 0 aromatic heterocycles. The normalized spacial score (nSPS) is 36.4. The van der Waals surface area contributed by atoms with Gasteiger partial charge in [0, 0.05) is 18.6 Å². The summed E-state index contributed by atoms with van der Waals surface area (Å²) in [5.74, 6) is 1.98. The first-order valence-electron chi connectivity index (χ1n) is 9.04. The first kappa shape index (κ1) is 14.2. The average molecular weight is 304 g/mol. The van der Waals surface area contributed by atoms with Crippen molar-refractivity contribution in [3.63, 3.8) is 0 Å². The first-order chi connectivity index (χ1) is 10.9. The van der Waals surface area contributed by atoms with Crippen LogP contribution in [0.4, 0.5) is 0 Å². The van der Waals surface area contributed by atoms with Gasteiger partial charge in [0.15, 0.2) is 11.9 Å². The number of hydrogen-bond acceptors (Lipinski definition) is 4. The van der Waals surface area contributed by atoms with Crippen LogP contribution in [0.3, 0.4) is 0 Å². The van der Waals surface area contributed by atoms with Crippen molar-refractivity contribution in [2.45, 2.75) is 75.5 Å². The molecule has 0 aromatic carbocycles. The molecule has 2 heterocycles. The Bertz CT molecular complexity index is 444. The molecule has 0 amide bonds. The van der Waals surface area contributed by atoms with Crippen LogP contribution >= 0.6 is 0 Å². The molecule has 0 radical (unpaired) electrons. The Hall–Kier alpha value is -1.46. The molecule has 4 aliphatic rings. The highest BCUT2D eigenvalue weighted by Crippen LogP contribution is 2.24. The van der Waals surface area contributed by atoms with E-state index >= 15 is 0 Å². The first-order valence-corrected chi connectivity index (χ1v) is 9.04. The van der Waals surface area contributed by atoms with Gasteiger partial charge in [0.05, 0.1) is 18.6 Å². The average Bonchev–Trinajstić information content (AvgIpc) is 3.14. The molecular formula is C16H28N6. The fourth-order valence-electron chi connectivity index (χ4n) is 4.21. The molecule has 4 N–H and O–H groups in total. The second-order valence-electron chi connectivity index (χ2n) is 7.02. The van der Waals surface area contributed by atoms with Crippen molar-refractivity contribution in [1.29, 1.82) is 0 Å². The number of aliphatic imine (C=N–C) groups is 2.